The van der Waals surface area contributed by atoms with Crippen molar-refractivity contribution in [3.8, 4) is 0 Å². The van der Waals surface area contributed by atoms with Crippen LogP contribution in [-0.2, 0) is 9.53 Å². The van der Waals surface area contributed by atoms with Crippen LogP contribution in [0.3, 0.4) is 0 Å². The quantitative estimate of drug-likeness (QED) is 0.784. The molecular weight excluding hydrogens is 252 g/mol. The molecule has 2 aliphatic rings. The fraction of sp³-hybridized carbons (Fsp3) is 0.938. The van der Waals surface area contributed by atoms with Crippen molar-refractivity contribution in [2.45, 2.75) is 58.5 Å². The molecule has 4 heteroatoms. The molecule has 0 amide bonds. The van der Waals surface area contributed by atoms with Gasteiger partial charge in [-0.15, -0.1) is 0 Å². The minimum atomic E-state index is -0.440. The van der Waals surface area contributed by atoms with Crippen molar-refractivity contribution in [1.82, 2.24) is 10.2 Å². The molecule has 0 spiro atoms. The first-order valence-electron chi connectivity index (χ1n) is 8.18. The van der Waals surface area contributed by atoms with Crippen LogP contribution in [0.4, 0.5) is 0 Å². The molecule has 0 aromatic rings. The van der Waals surface area contributed by atoms with Crippen LogP contribution in [0.2, 0.25) is 0 Å². The number of hydrogen-bond acceptors (Lipinski definition) is 4. The summed E-state index contributed by atoms with van der Waals surface area (Å²) in [4.78, 5) is 14.9. The summed E-state index contributed by atoms with van der Waals surface area (Å²) in [6.07, 6.45) is 2.91. The van der Waals surface area contributed by atoms with Gasteiger partial charge in [0.1, 0.15) is 5.54 Å². The third-order valence-corrected chi connectivity index (χ3v) is 5.20. The molecule has 0 aromatic carbocycles. The first-order valence-corrected chi connectivity index (χ1v) is 8.18. The number of likely N-dealkylation sites (tertiary alicyclic amines) is 1. The lowest BCUT2D eigenvalue weighted by Crippen LogP contribution is -2.52. The van der Waals surface area contributed by atoms with Crippen LogP contribution < -0.4 is 5.32 Å². The number of carbonyl (C=O) groups is 1. The number of nitrogens with zero attached hydrogens (tertiary/aromatic N) is 1. The SMILES string of the molecule is CCNC1(C(=O)OCC)CCC(N2CC(C)C(C)C2)C1. The maximum Gasteiger partial charge on any atom is 0.326 e. The van der Waals surface area contributed by atoms with E-state index in [1.165, 1.54) is 13.1 Å². The van der Waals surface area contributed by atoms with Crippen molar-refractivity contribution in [3.63, 3.8) is 0 Å². The van der Waals surface area contributed by atoms with Gasteiger partial charge in [-0.1, -0.05) is 20.8 Å². The van der Waals surface area contributed by atoms with Crippen molar-refractivity contribution in [3.05, 3.63) is 0 Å². The van der Waals surface area contributed by atoms with Crippen molar-refractivity contribution in [2.24, 2.45) is 11.8 Å². The molecule has 0 radical (unpaired) electrons. The molecule has 1 N–H and O–H groups in total. The first-order chi connectivity index (χ1) is 9.52. The Labute approximate surface area is 123 Å². The smallest absolute Gasteiger partial charge is 0.326 e. The summed E-state index contributed by atoms with van der Waals surface area (Å²) < 4.78 is 5.31. The Bertz CT molecular complexity index is 337. The second-order valence-electron chi connectivity index (χ2n) is 6.64. The molecule has 20 heavy (non-hydrogen) atoms. The molecular formula is C16H30N2O2. The maximum absolute atomic E-state index is 12.3. The fourth-order valence-corrected chi connectivity index (χ4v) is 3.83. The van der Waals surface area contributed by atoms with Crippen LogP contribution in [-0.4, -0.2) is 48.7 Å². The summed E-state index contributed by atoms with van der Waals surface area (Å²) in [6, 6.07) is 0.533. The van der Waals surface area contributed by atoms with Gasteiger partial charge in [0.05, 0.1) is 6.61 Å². The second-order valence-corrected chi connectivity index (χ2v) is 6.64. The van der Waals surface area contributed by atoms with E-state index < -0.39 is 5.54 Å². The fourth-order valence-electron chi connectivity index (χ4n) is 3.83. The van der Waals surface area contributed by atoms with E-state index in [2.05, 4.69) is 31.0 Å². The molecule has 1 saturated carbocycles. The third-order valence-electron chi connectivity index (χ3n) is 5.20. The Morgan fingerprint density at radius 2 is 1.95 bits per heavy atom. The van der Waals surface area contributed by atoms with Crippen molar-refractivity contribution >= 4 is 5.97 Å². The van der Waals surface area contributed by atoms with E-state index in [1.807, 2.05) is 6.92 Å². The molecule has 116 valence electrons. The number of ether oxygens (including phenoxy) is 1. The maximum atomic E-state index is 12.3. The molecule has 4 unspecified atom stereocenters. The van der Waals surface area contributed by atoms with E-state index in [9.17, 15) is 4.79 Å². The molecule has 4 atom stereocenters. The summed E-state index contributed by atoms with van der Waals surface area (Å²) in [5.41, 5.74) is -0.440. The normalized spacial score (nSPS) is 38.3. The van der Waals surface area contributed by atoms with Gasteiger partial charge in [-0.3, -0.25) is 9.69 Å². The predicted octanol–water partition coefficient (Wildman–Crippen LogP) is 2.04. The van der Waals surface area contributed by atoms with Crippen LogP contribution in [0.1, 0.15) is 47.0 Å². The van der Waals surface area contributed by atoms with E-state index in [4.69, 9.17) is 4.74 Å². The molecule has 1 heterocycles. The number of nitrogens with one attached hydrogen (secondary N) is 1. The second kappa shape index (κ2) is 6.44. The zero-order valence-corrected chi connectivity index (χ0v) is 13.4. The minimum Gasteiger partial charge on any atom is -0.465 e. The number of carbonyl (C=O) groups excluding carboxylic acids is 1. The van der Waals surface area contributed by atoms with Gasteiger partial charge < -0.3 is 10.1 Å². The van der Waals surface area contributed by atoms with Gasteiger partial charge in [0.15, 0.2) is 0 Å². The zero-order chi connectivity index (χ0) is 14.8. The minimum absolute atomic E-state index is 0.0513. The van der Waals surface area contributed by atoms with Crippen LogP contribution in [0.25, 0.3) is 0 Å². The Hall–Kier alpha value is -0.610. The largest absolute Gasteiger partial charge is 0.465 e. The monoisotopic (exact) mass is 282 g/mol. The highest BCUT2D eigenvalue weighted by molar-refractivity contribution is 5.81. The Balaban J connectivity index is 2.02. The molecule has 2 rings (SSSR count). The van der Waals surface area contributed by atoms with Crippen LogP contribution in [0.5, 0.6) is 0 Å². The van der Waals surface area contributed by atoms with Gasteiger partial charge in [-0.2, -0.15) is 0 Å². The number of hydrogen-bond donors (Lipinski definition) is 1. The lowest BCUT2D eigenvalue weighted by atomic mass is 9.97. The van der Waals surface area contributed by atoms with Crippen molar-refractivity contribution in [1.29, 1.82) is 0 Å². The highest BCUT2D eigenvalue weighted by Crippen LogP contribution is 2.37. The topological polar surface area (TPSA) is 41.6 Å². The molecule has 1 aliphatic heterocycles. The number of likely N-dealkylation sites (N-methyl/N-ethyl adjacent to an activating group) is 1. The van der Waals surface area contributed by atoms with Crippen LogP contribution >= 0.6 is 0 Å². The average molecular weight is 282 g/mol. The highest BCUT2D eigenvalue weighted by Gasteiger charge is 2.48. The molecule has 4 nitrogen and oxygen atoms in total. The lowest BCUT2D eigenvalue weighted by Gasteiger charge is -2.30. The molecule has 1 saturated heterocycles. The number of esters is 1. The Kier molecular flexibility index (Phi) is 5.08. The van der Waals surface area contributed by atoms with Gasteiger partial charge in [-0.25, -0.2) is 0 Å². The Morgan fingerprint density at radius 1 is 1.30 bits per heavy atom. The third kappa shape index (κ3) is 3.01. The zero-order valence-electron chi connectivity index (χ0n) is 13.4. The summed E-state index contributed by atoms with van der Waals surface area (Å²) in [7, 11) is 0. The standard InChI is InChI=1S/C16H30N2O2/c1-5-17-16(15(19)20-6-2)8-7-14(9-16)18-10-12(3)13(4)11-18/h12-14,17H,5-11H2,1-4H3. The van der Waals surface area contributed by atoms with Gasteiger partial charge >= 0.3 is 5.97 Å². The molecule has 2 fully saturated rings. The van der Waals surface area contributed by atoms with E-state index in [1.54, 1.807) is 0 Å². The summed E-state index contributed by atoms with van der Waals surface area (Å²) >= 11 is 0. The van der Waals surface area contributed by atoms with E-state index in [-0.39, 0.29) is 5.97 Å². The van der Waals surface area contributed by atoms with Gasteiger partial charge in [0.25, 0.3) is 0 Å². The molecule has 0 aromatic heterocycles. The van der Waals surface area contributed by atoms with Crippen molar-refractivity contribution in [2.75, 3.05) is 26.2 Å². The highest BCUT2D eigenvalue weighted by atomic mass is 16.5. The van der Waals surface area contributed by atoms with E-state index >= 15 is 0 Å². The summed E-state index contributed by atoms with van der Waals surface area (Å²) in [6.45, 7) is 12.3. The lowest BCUT2D eigenvalue weighted by molar-refractivity contribution is -0.151. The number of rotatable bonds is 5. The van der Waals surface area contributed by atoms with Crippen molar-refractivity contribution < 1.29 is 9.53 Å². The van der Waals surface area contributed by atoms with Crippen LogP contribution in [0, 0.1) is 11.8 Å². The summed E-state index contributed by atoms with van der Waals surface area (Å²) in [5, 5.41) is 3.42. The van der Waals surface area contributed by atoms with E-state index in [0.717, 1.165) is 37.6 Å². The van der Waals surface area contributed by atoms with E-state index in [0.29, 0.717) is 12.6 Å². The van der Waals surface area contributed by atoms with Gasteiger partial charge in [0.2, 0.25) is 0 Å². The average Bonchev–Trinajstić information content (AvgIpc) is 2.97. The molecule has 0 bridgehead atoms. The molecule has 1 aliphatic carbocycles. The predicted molar refractivity (Wildman–Crippen MR) is 80.6 cm³/mol. The van der Waals surface area contributed by atoms with Gasteiger partial charge in [-0.05, 0) is 44.6 Å². The summed E-state index contributed by atoms with van der Waals surface area (Å²) in [5.74, 6) is 1.49. The van der Waals surface area contributed by atoms with Crippen LogP contribution in [0.15, 0.2) is 0 Å². The first kappa shape index (κ1) is 15.8. The Morgan fingerprint density at radius 3 is 2.50 bits per heavy atom. The van der Waals surface area contributed by atoms with Gasteiger partial charge in [0, 0.05) is 19.1 Å².